The summed E-state index contributed by atoms with van der Waals surface area (Å²) < 4.78 is 11.1. The molecule has 2 fully saturated rings. The van der Waals surface area contributed by atoms with Crippen LogP contribution in [0.25, 0.3) is 0 Å². The highest BCUT2D eigenvalue weighted by Crippen LogP contribution is 2.19. The molecule has 0 radical (unpaired) electrons. The molecule has 1 N–H and O–H groups in total. The van der Waals surface area contributed by atoms with Crippen molar-refractivity contribution in [2.75, 3.05) is 46.5 Å². The Labute approximate surface area is 98.3 Å². The molecular formula is C12H24N2O2. The summed E-state index contributed by atoms with van der Waals surface area (Å²) in [6, 6.07) is 0. The molecule has 0 aromatic heterocycles. The lowest BCUT2D eigenvalue weighted by molar-refractivity contribution is -0.0270. The highest BCUT2D eigenvalue weighted by Gasteiger charge is 2.28. The molecule has 2 saturated heterocycles. The Bertz CT molecular complexity index is 217. The number of likely N-dealkylation sites (N-methyl/N-ethyl adjacent to an activating group) is 1. The SMILES string of the molecule is CN1CCOC(CNC2(C)CCOCC2)C1. The van der Waals surface area contributed by atoms with E-state index in [0.717, 1.165) is 52.3 Å². The van der Waals surface area contributed by atoms with Gasteiger partial charge in [-0.1, -0.05) is 0 Å². The third kappa shape index (κ3) is 3.42. The lowest BCUT2D eigenvalue weighted by Gasteiger charge is -2.37. The van der Waals surface area contributed by atoms with Crippen LogP contribution in [0.5, 0.6) is 0 Å². The molecular weight excluding hydrogens is 204 g/mol. The molecule has 4 heteroatoms. The maximum atomic E-state index is 5.75. The van der Waals surface area contributed by atoms with Crippen LogP contribution in [0.3, 0.4) is 0 Å². The molecule has 2 aliphatic heterocycles. The molecule has 0 amide bonds. The molecule has 1 atom stereocenters. The van der Waals surface area contributed by atoms with Crippen molar-refractivity contribution < 1.29 is 9.47 Å². The van der Waals surface area contributed by atoms with Crippen molar-refractivity contribution in [3.05, 3.63) is 0 Å². The lowest BCUT2D eigenvalue weighted by Crippen LogP contribution is -2.52. The van der Waals surface area contributed by atoms with Gasteiger partial charge < -0.3 is 19.7 Å². The van der Waals surface area contributed by atoms with E-state index in [1.807, 2.05) is 0 Å². The van der Waals surface area contributed by atoms with Gasteiger partial charge in [-0.25, -0.2) is 0 Å². The minimum Gasteiger partial charge on any atom is -0.381 e. The van der Waals surface area contributed by atoms with Crippen molar-refractivity contribution in [2.45, 2.75) is 31.4 Å². The molecule has 0 aliphatic carbocycles. The van der Waals surface area contributed by atoms with Gasteiger partial charge in [0.15, 0.2) is 0 Å². The van der Waals surface area contributed by atoms with Crippen molar-refractivity contribution >= 4 is 0 Å². The lowest BCUT2D eigenvalue weighted by atomic mass is 9.92. The Kier molecular flexibility index (Phi) is 4.19. The molecule has 0 saturated carbocycles. The van der Waals surface area contributed by atoms with Gasteiger partial charge >= 0.3 is 0 Å². The second kappa shape index (κ2) is 5.45. The Balaban J connectivity index is 1.73. The second-order valence-corrected chi connectivity index (χ2v) is 5.31. The van der Waals surface area contributed by atoms with E-state index in [-0.39, 0.29) is 5.54 Å². The topological polar surface area (TPSA) is 33.7 Å². The molecule has 0 spiro atoms. The number of morpholine rings is 1. The van der Waals surface area contributed by atoms with Crippen molar-refractivity contribution in [1.29, 1.82) is 0 Å². The third-order valence-electron chi connectivity index (χ3n) is 3.69. The molecule has 2 aliphatic rings. The summed E-state index contributed by atoms with van der Waals surface area (Å²) in [4.78, 5) is 2.34. The average Bonchev–Trinajstić information content (AvgIpc) is 2.28. The molecule has 4 nitrogen and oxygen atoms in total. The zero-order valence-electron chi connectivity index (χ0n) is 10.5. The van der Waals surface area contributed by atoms with Gasteiger partial charge in [0.05, 0.1) is 12.7 Å². The summed E-state index contributed by atoms with van der Waals surface area (Å²) in [6.07, 6.45) is 2.56. The number of ether oxygens (including phenoxy) is 2. The van der Waals surface area contributed by atoms with E-state index in [4.69, 9.17) is 9.47 Å². The monoisotopic (exact) mass is 228 g/mol. The fraction of sp³-hybridized carbons (Fsp3) is 1.00. The first kappa shape index (κ1) is 12.3. The second-order valence-electron chi connectivity index (χ2n) is 5.31. The van der Waals surface area contributed by atoms with Gasteiger partial charge in [-0.05, 0) is 26.8 Å². The van der Waals surface area contributed by atoms with Crippen LogP contribution in [-0.4, -0.2) is 63.0 Å². The first-order valence-corrected chi connectivity index (χ1v) is 6.31. The molecule has 1 unspecified atom stereocenters. The van der Waals surface area contributed by atoms with E-state index in [9.17, 15) is 0 Å². The Morgan fingerprint density at radius 2 is 2.06 bits per heavy atom. The highest BCUT2D eigenvalue weighted by molar-refractivity contribution is 4.87. The fourth-order valence-corrected chi connectivity index (χ4v) is 2.35. The third-order valence-corrected chi connectivity index (χ3v) is 3.69. The summed E-state index contributed by atoms with van der Waals surface area (Å²) in [7, 11) is 2.16. The van der Waals surface area contributed by atoms with Crippen molar-refractivity contribution in [3.63, 3.8) is 0 Å². The van der Waals surface area contributed by atoms with Crippen LogP contribution in [0, 0.1) is 0 Å². The zero-order chi connectivity index (χ0) is 11.4. The largest absolute Gasteiger partial charge is 0.381 e. The normalized spacial score (nSPS) is 31.5. The fourth-order valence-electron chi connectivity index (χ4n) is 2.35. The van der Waals surface area contributed by atoms with E-state index in [0.29, 0.717) is 6.10 Å². The first-order chi connectivity index (χ1) is 7.68. The van der Waals surface area contributed by atoms with Crippen molar-refractivity contribution in [2.24, 2.45) is 0 Å². The molecule has 0 bridgehead atoms. The minimum atomic E-state index is 0.248. The van der Waals surface area contributed by atoms with Crippen LogP contribution >= 0.6 is 0 Å². The maximum absolute atomic E-state index is 5.75. The standard InChI is InChI=1S/C12H24N2O2/c1-12(3-6-15-7-4-12)13-9-11-10-14(2)5-8-16-11/h11,13H,3-10H2,1-2H3. The van der Waals surface area contributed by atoms with Gasteiger partial charge in [0.25, 0.3) is 0 Å². The predicted molar refractivity (Wildman–Crippen MR) is 63.7 cm³/mol. The minimum absolute atomic E-state index is 0.248. The van der Waals surface area contributed by atoms with Crippen LogP contribution in [0.4, 0.5) is 0 Å². The molecule has 0 aromatic rings. The zero-order valence-corrected chi connectivity index (χ0v) is 10.5. The van der Waals surface area contributed by atoms with Crippen molar-refractivity contribution in [1.82, 2.24) is 10.2 Å². The number of hydrogen-bond donors (Lipinski definition) is 1. The van der Waals surface area contributed by atoms with Crippen LogP contribution in [0.15, 0.2) is 0 Å². The summed E-state index contributed by atoms with van der Waals surface area (Å²) in [5, 5.41) is 3.66. The van der Waals surface area contributed by atoms with E-state index in [1.54, 1.807) is 0 Å². The average molecular weight is 228 g/mol. The molecule has 0 aromatic carbocycles. The van der Waals surface area contributed by atoms with Crippen LogP contribution in [-0.2, 0) is 9.47 Å². The Morgan fingerprint density at radius 3 is 2.75 bits per heavy atom. The summed E-state index contributed by atoms with van der Waals surface area (Å²) >= 11 is 0. The summed E-state index contributed by atoms with van der Waals surface area (Å²) in [5.41, 5.74) is 0.248. The quantitative estimate of drug-likeness (QED) is 0.761. The number of hydrogen-bond acceptors (Lipinski definition) is 4. The van der Waals surface area contributed by atoms with Crippen LogP contribution in [0.2, 0.25) is 0 Å². The number of rotatable bonds is 3. The van der Waals surface area contributed by atoms with Gasteiger partial charge in [-0.15, -0.1) is 0 Å². The maximum Gasteiger partial charge on any atom is 0.0826 e. The van der Waals surface area contributed by atoms with Gasteiger partial charge in [0.2, 0.25) is 0 Å². The molecule has 94 valence electrons. The molecule has 16 heavy (non-hydrogen) atoms. The summed E-state index contributed by atoms with van der Waals surface area (Å²) in [6.45, 7) is 7.98. The predicted octanol–water partition coefficient (Wildman–Crippen LogP) is 0.476. The van der Waals surface area contributed by atoms with Gasteiger partial charge in [0, 0.05) is 38.4 Å². The van der Waals surface area contributed by atoms with E-state index < -0.39 is 0 Å². The van der Waals surface area contributed by atoms with Crippen LogP contribution < -0.4 is 5.32 Å². The number of nitrogens with one attached hydrogen (secondary N) is 1. The smallest absolute Gasteiger partial charge is 0.0826 e. The van der Waals surface area contributed by atoms with Crippen LogP contribution in [0.1, 0.15) is 19.8 Å². The first-order valence-electron chi connectivity index (χ1n) is 6.31. The highest BCUT2D eigenvalue weighted by atomic mass is 16.5. The van der Waals surface area contributed by atoms with Crippen molar-refractivity contribution in [3.8, 4) is 0 Å². The van der Waals surface area contributed by atoms with Gasteiger partial charge in [0.1, 0.15) is 0 Å². The summed E-state index contributed by atoms with van der Waals surface area (Å²) in [5.74, 6) is 0. The van der Waals surface area contributed by atoms with E-state index >= 15 is 0 Å². The van der Waals surface area contributed by atoms with Gasteiger partial charge in [-0.3, -0.25) is 0 Å². The molecule has 2 heterocycles. The number of nitrogens with zero attached hydrogens (tertiary/aromatic N) is 1. The Morgan fingerprint density at radius 1 is 1.31 bits per heavy atom. The van der Waals surface area contributed by atoms with Gasteiger partial charge in [-0.2, -0.15) is 0 Å². The van der Waals surface area contributed by atoms with E-state index in [2.05, 4.69) is 24.2 Å². The molecule has 2 rings (SSSR count). The Hall–Kier alpha value is -0.160. The van der Waals surface area contributed by atoms with E-state index in [1.165, 1.54) is 0 Å².